The highest BCUT2D eigenvalue weighted by molar-refractivity contribution is 5.71. The summed E-state index contributed by atoms with van der Waals surface area (Å²) in [7, 11) is 0. The van der Waals surface area contributed by atoms with Crippen molar-refractivity contribution >= 4 is 17.9 Å². The van der Waals surface area contributed by atoms with Crippen molar-refractivity contribution in [2.75, 3.05) is 13.2 Å². The van der Waals surface area contributed by atoms with Gasteiger partial charge in [0.1, 0.15) is 13.2 Å². The van der Waals surface area contributed by atoms with Crippen molar-refractivity contribution in [3.05, 3.63) is 109 Å². The van der Waals surface area contributed by atoms with E-state index in [1.807, 2.05) is 0 Å². The van der Waals surface area contributed by atoms with Crippen molar-refractivity contribution in [3.8, 4) is 0 Å². The Kier molecular flexibility index (Phi) is 64.3. The number of hydrogen-bond donors (Lipinski definition) is 0. The van der Waals surface area contributed by atoms with E-state index in [-0.39, 0.29) is 31.1 Å². The average molecular weight is 1110 g/mol. The number of unbranched alkanes of at least 4 members (excludes halogenated alkanes) is 32. The lowest BCUT2D eigenvalue weighted by Gasteiger charge is -2.18. The Morgan fingerprint density at radius 2 is 0.487 bits per heavy atom. The van der Waals surface area contributed by atoms with Crippen molar-refractivity contribution in [1.29, 1.82) is 0 Å². The fourth-order valence-corrected chi connectivity index (χ4v) is 9.41. The van der Waals surface area contributed by atoms with Gasteiger partial charge in [-0.25, -0.2) is 0 Å². The molecule has 0 aliphatic rings. The summed E-state index contributed by atoms with van der Waals surface area (Å²) in [5.41, 5.74) is 0. The number of carbonyl (C=O) groups excluding carboxylic acids is 3. The molecule has 0 amide bonds. The Morgan fingerprint density at radius 1 is 0.263 bits per heavy atom. The van der Waals surface area contributed by atoms with Crippen molar-refractivity contribution < 1.29 is 28.6 Å². The normalized spacial score (nSPS) is 12.8. The van der Waals surface area contributed by atoms with E-state index in [9.17, 15) is 14.4 Å². The first kappa shape index (κ1) is 76.1. The van der Waals surface area contributed by atoms with Gasteiger partial charge in [-0.1, -0.05) is 284 Å². The van der Waals surface area contributed by atoms with E-state index < -0.39 is 6.10 Å². The molecule has 0 saturated carbocycles. The van der Waals surface area contributed by atoms with E-state index in [1.165, 1.54) is 154 Å². The summed E-state index contributed by atoms with van der Waals surface area (Å²) >= 11 is 0. The van der Waals surface area contributed by atoms with Crippen LogP contribution in [0.2, 0.25) is 0 Å². The molecule has 0 aliphatic carbocycles. The molecule has 6 heteroatoms. The Morgan fingerprint density at radius 3 is 0.775 bits per heavy atom. The molecule has 0 bridgehead atoms. The van der Waals surface area contributed by atoms with Gasteiger partial charge in [-0.05, 0) is 128 Å². The Balaban J connectivity index is 4.39. The second-order valence-electron chi connectivity index (χ2n) is 22.3. The molecule has 0 radical (unpaired) electrons. The zero-order valence-electron chi connectivity index (χ0n) is 52.6. The summed E-state index contributed by atoms with van der Waals surface area (Å²) in [6.45, 7) is 6.51. The summed E-state index contributed by atoms with van der Waals surface area (Å²) in [5.74, 6) is -0.904. The molecule has 0 N–H and O–H groups in total. The van der Waals surface area contributed by atoms with Gasteiger partial charge in [-0.2, -0.15) is 0 Å². The van der Waals surface area contributed by atoms with Crippen LogP contribution in [0.15, 0.2) is 109 Å². The minimum atomic E-state index is -0.794. The Bertz CT molecular complexity index is 1610. The van der Waals surface area contributed by atoms with Gasteiger partial charge in [0, 0.05) is 19.3 Å². The fourth-order valence-electron chi connectivity index (χ4n) is 9.41. The predicted octanol–water partition coefficient (Wildman–Crippen LogP) is 23.4. The highest BCUT2D eigenvalue weighted by atomic mass is 16.6. The maximum absolute atomic E-state index is 12.9. The first-order chi connectivity index (χ1) is 39.5. The van der Waals surface area contributed by atoms with Gasteiger partial charge in [-0.15, -0.1) is 0 Å². The molecule has 0 aliphatic heterocycles. The van der Waals surface area contributed by atoms with E-state index in [4.69, 9.17) is 14.2 Å². The van der Waals surface area contributed by atoms with Gasteiger partial charge in [0.15, 0.2) is 6.10 Å². The molecule has 0 heterocycles. The molecule has 6 nitrogen and oxygen atoms in total. The van der Waals surface area contributed by atoms with Crippen molar-refractivity contribution in [3.63, 3.8) is 0 Å². The Hall–Kier alpha value is -3.93. The maximum atomic E-state index is 12.9. The van der Waals surface area contributed by atoms with E-state index in [0.717, 1.165) is 128 Å². The van der Waals surface area contributed by atoms with E-state index in [2.05, 4.69) is 130 Å². The molecule has 0 aromatic rings. The molecule has 0 spiro atoms. The van der Waals surface area contributed by atoms with Crippen LogP contribution in [0.4, 0.5) is 0 Å². The minimum absolute atomic E-state index is 0.0883. The first-order valence-corrected chi connectivity index (χ1v) is 33.9. The second kappa shape index (κ2) is 67.6. The zero-order chi connectivity index (χ0) is 57.8. The number of esters is 3. The summed E-state index contributed by atoms with van der Waals surface area (Å²) in [6, 6.07) is 0. The molecule has 0 fully saturated rings. The summed E-state index contributed by atoms with van der Waals surface area (Å²) in [4.78, 5) is 38.4. The van der Waals surface area contributed by atoms with Crippen LogP contribution in [0.3, 0.4) is 0 Å². The summed E-state index contributed by atoms with van der Waals surface area (Å²) < 4.78 is 17.0. The van der Waals surface area contributed by atoms with Crippen LogP contribution in [0.1, 0.15) is 323 Å². The molecular formula is C74H126O6. The molecule has 458 valence electrons. The average Bonchev–Trinajstić information content (AvgIpc) is 3.46. The summed E-state index contributed by atoms with van der Waals surface area (Å²) in [6.07, 6.45) is 92.3. The quantitative estimate of drug-likeness (QED) is 0.0261. The SMILES string of the molecule is CC/C=C\C/C=C\C/C=C\C/C=C\CCCCCCCCCCC(=O)OC(COC(=O)CCCCCCC/C=C\C/C=C\CCCCCC)COC(=O)CCCCCCCCCCCC/C=C\C/C=C\C/C=C\CCCCCCC. The number of carbonyl (C=O) groups is 3. The molecule has 0 rings (SSSR count). The van der Waals surface area contributed by atoms with Crippen LogP contribution in [0.5, 0.6) is 0 Å². The van der Waals surface area contributed by atoms with Gasteiger partial charge in [0.2, 0.25) is 0 Å². The number of allylic oxidation sites excluding steroid dienone is 18. The highest BCUT2D eigenvalue weighted by Gasteiger charge is 2.19. The smallest absolute Gasteiger partial charge is 0.306 e. The lowest BCUT2D eigenvalue weighted by Crippen LogP contribution is -2.30. The fraction of sp³-hybridized carbons (Fsp3) is 0.716. The van der Waals surface area contributed by atoms with E-state index in [1.54, 1.807) is 0 Å². The van der Waals surface area contributed by atoms with Crippen LogP contribution < -0.4 is 0 Å². The van der Waals surface area contributed by atoms with Crippen LogP contribution >= 0.6 is 0 Å². The molecule has 80 heavy (non-hydrogen) atoms. The van der Waals surface area contributed by atoms with Gasteiger partial charge in [0.05, 0.1) is 0 Å². The van der Waals surface area contributed by atoms with Crippen LogP contribution in [0.25, 0.3) is 0 Å². The minimum Gasteiger partial charge on any atom is -0.462 e. The largest absolute Gasteiger partial charge is 0.462 e. The first-order valence-electron chi connectivity index (χ1n) is 33.9. The summed E-state index contributed by atoms with van der Waals surface area (Å²) in [5, 5.41) is 0. The monoisotopic (exact) mass is 1110 g/mol. The standard InChI is InChI=1S/C74H126O6/c1-4-7-10-13-16-19-22-25-28-31-33-35-36-37-38-40-41-43-46-49-52-55-58-61-64-67-73(76)79-70-71(69-78-72(75)66-63-60-57-54-51-48-45-30-27-24-21-18-15-12-9-6-3)80-74(77)68-65-62-59-56-53-50-47-44-42-39-34-32-29-26-23-20-17-14-11-8-5-2/h8,11,17,20-22,24-26,29-31,33-34,36-37,39,45,71H,4-7,9-10,12-16,18-19,23,27-28,32,35,38,40-44,46-70H2,1-3H3/b11-8-,20-17-,24-21-,25-22-,29-26-,33-31-,37-36-,39-34-,45-30-. The lowest BCUT2D eigenvalue weighted by molar-refractivity contribution is -0.167. The van der Waals surface area contributed by atoms with Gasteiger partial charge in [-0.3, -0.25) is 14.4 Å². The second-order valence-corrected chi connectivity index (χ2v) is 22.3. The van der Waals surface area contributed by atoms with Crippen molar-refractivity contribution in [1.82, 2.24) is 0 Å². The van der Waals surface area contributed by atoms with Gasteiger partial charge >= 0.3 is 17.9 Å². The van der Waals surface area contributed by atoms with Crippen LogP contribution in [-0.4, -0.2) is 37.2 Å². The van der Waals surface area contributed by atoms with E-state index >= 15 is 0 Å². The predicted molar refractivity (Wildman–Crippen MR) is 348 cm³/mol. The van der Waals surface area contributed by atoms with Crippen LogP contribution in [-0.2, 0) is 28.6 Å². The molecule has 0 aromatic carbocycles. The lowest BCUT2D eigenvalue weighted by atomic mass is 10.1. The van der Waals surface area contributed by atoms with Crippen molar-refractivity contribution in [2.24, 2.45) is 0 Å². The number of rotatable bonds is 61. The third-order valence-corrected chi connectivity index (χ3v) is 14.5. The van der Waals surface area contributed by atoms with E-state index in [0.29, 0.717) is 19.3 Å². The van der Waals surface area contributed by atoms with Gasteiger partial charge < -0.3 is 14.2 Å². The topological polar surface area (TPSA) is 78.9 Å². The molecule has 0 saturated heterocycles. The molecular weight excluding hydrogens is 985 g/mol. The van der Waals surface area contributed by atoms with Crippen molar-refractivity contribution in [2.45, 2.75) is 329 Å². The zero-order valence-corrected chi connectivity index (χ0v) is 52.6. The molecule has 1 atom stereocenters. The number of ether oxygens (including phenoxy) is 3. The Labute approximate surface area is 495 Å². The third kappa shape index (κ3) is 64.9. The number of hydrogen-bond acceptors (Lipinski definition) is 6. The third-order valence-electron chi connectivity index (χ3n) is 14.5. The highest BCUT2D eigenvalue weighted by Crippen LogP contribution is 2.16. The molecule has 1 unspecified atom stereocenters. The van der Waals surface area contributed by atoms with Gasteiger partial charge in [0.25, 0.3) is 0 Å². The maximum Gasteiger partial charge on any atom is 0.306 e. The van der Waals surface area contributed by atoms with Crippen LogP contribution in [0, 0.1) is 0 Å². The molecule has 0 aromatic heterocycles.